The topological polar surface area (TPSA) is 50.9 Å². The number of alkyl halides is 3. The van der Waals surface area contributed by atoms with Crippen LogP contribution in [0.25, 0.3) is 0 Å². The molecule has 0 amide bonds. The predicted octanol–water partition coefficient (Wildman–Crippen LogP) is 2.40. The van der Waals surface area contributed by atoms with Crippen LogP contribution in [0.5, 0.6) is 0 Å². The summed E-state index contributed by atoms with van der Waals surface area (Å²) in [5.74, 6) is 0.00451. The Labute approximate surface area is 80.5 Å². The van der Waals surface area contributed by atoms with Crippen LogP contribution in [0.1, 0.15) is 5.56 Å². The highest BCUT2D eigenvalue weighted by molar-refractivity contribution is 9.10. The zero-order chi connectivity index (χ0) is 10.1. The Morgan fingerprint density at radius 1 is 1.46 bits per heavy atom. The summed E-state index contributed by atoms with van der Waals surface area (Å²) in [6.45, 7) is 0. The molecule has 0 radical (unpaired) electrons. The molecule has 0 unspecified atom stereocenters. The molecule has 0 spiro atoms. The molecule has 1 rings (SSSR count). The zero-order valence-electron chi connectivity index (χ0n) is 6.19. The minimum atomic E-state index is -4.40. The van der Waals surface area contributed by atoms with Crippen molar-refractivity contribution < 1.29 is 13.2 Å². The maximum atomic E-state index is 12.1. The monoisotopic (exact) mass is 255 g/mol. The summed E-state index contributed by atoms with van der Waals surface area (Å²) in [7, 11) is 0. The van der Waals surface area contributed by atoms with Gasteiger partial charge in [0.05, 0.1) is 11.3 Å². The van der Waals surface area contributed by atoms with E-state index in [0.29, 0.717) is 6.20 Å². The lowest BCUT2D eigenvalue weighted by molar-refractivity contribution is -0.137. The van der Waals surface area contributed by atoms with Crippen molar-refractivity contribution in [1.82, 2.24) is 4.98 Å². The van der Waals surface area contributed by atoms with Gasteiger partial charge in [0.15, 0.2) is 0 Å². The molecule has 0 aliphatic rings. The average Bonchev–Trinajstić information content (AvgIpc) is 2.03. The third kappa shape index (κ3) is 2.24. The van der Waals surface area contributed by atoms with E-state index in [0.717, 1.165) is 6.07 Å². The summed E-state index contributed by atoms with van der Waals surface area (Å²) >= 11 is 2.77. The van der Waals surface area contributed by atoms with Gasteiger partial charge in [-0.05, 0) is 6.07 Å². The summed E-state index contributed by atoms with van der Waals surface area (Å²) < 4.78 is 38.7. The van der Waals surface area contributed by atoms with E-state index >= 15 is 0 Å². The molecule has 0 saturated carbocycles. The Bertz CT molecular complexity index is 312. The first-order chi connectivity index (χ1) is 5.95. The number of aromatic nitrogens is 1. The third-order valence-electron chi connectivity index (χ3n) is 1.35. The van der Waals surface area contributed by atoms with Crippen molar-refractivity contribution in [3.63, 3.8) is 0 Å². The van der Waals surface area contributed by atoms with E-state index in [2.05, 4.69) is 25.5 Å². The summed E-state index contributed by atoms with van der Waals surface area (Å²) in [5, 5.41) is 0. The van der Waals surface area contributed by atoms with Crippen LogP contribution in [0.2, 0.25) is 0 Å². The highest BCUT2D eigenvalue weighted by Gasteiger charge is 2.31. The van der Waals surface area contributed by atoms with Gasteiger partial charge in [0.25, 0.3) is 0 Å². The lowest BCUT2D eigenvalue weighted by Crippen LogP contribution is -2.07. The Morgan fingerprint density at radius 2 is 2.08 bits per heavy atom. The summed E-state index contributed by atoms with van der Waals surface area (Å²) in [5.41, 5.74) is 4.52. The van der Waals surface area contributed by atoms with Crippen LogP contribution in [-0.4, -0.2) is 4.98 Å². The van der Waals surface area contributed by atoms with Crippen molar-refractivity contribution in [3.05, 3.63) is 17.8 Å². The molecule has 1 aromatic heterocycles. The number of rotatable bonds is 1. The molecule has 0 fully saturated rings. The number of halogens is 4. The molecular weight excluding hydrogens is 251 g/mol. The van der Waals surface area contributed by atoms with E-state index in [1.54, 1.807) is 0 Å². The van der Waals surface area contributed by atoms with Crippen molar-refractivity contribution >= 4 is 27.7 Å². The molecule has 0 aromatic carbocycles. The molecule has 1 aromatic rings. The van der Waals surface area contributed by atoms with E-state index in [4.69, 9.17) is 5.73 Å². The fourth-order valence-electron chi connectivity index (χ4n) is 0.706. The molecule has 72 valence electrons. The standard InChI is InChI=1S/C6H5BrF3N3/c7-13-4-1-3(6(8,9)10)2-12-5(4)11/h1-2,13H,(H2,11,12). The minimum Gasteiger partial charge on any atom is -0.382 e. The van der Waals surface area contributed by atoms with Crippen molar-refractivity contribution in [2.75, 3.05) is 10.1 Å². The number of hydrogen-bond donors (Lipinski definition) is 2. The maximum absolute atomic E-state index is 12.1. The fourth-order valence-corrected chi connectivity index (χ4v) is 1.02. The third-order valence-corrected chi connectivity index (χ3v) is 1.77. The second-order valence-corrected chi connectivity index (χ2v) is 2.65. The van der Waals surface area contributed by atoms with Crippen LogP contribution in [-0.2, 0) is 6.18 Å². The summed E-state index contributed by atoms with van der Waals surface area (Å²) in [6.07, 6.45) is -3.72. The predicted molar refractivity (Wildman–Crippen MR) is 46.2 cm³/mol. The first-order valence-electron chi connectivity index (χ1n) is 3.14. The highest BCUT2D eigenvalue weighted by atomic mass is 79.9. The average molecular weight is 256 g/mol. The lowest BCUT2D eigenvalue weighted by atomic mass is 10.2. The van der Waals surface area contributed by atoms with Gasteiger partial charge in [-0.15, -0.1) is 0 Å². The van der Waals surface area contributed by atoms with E-state index < -0.39 is 11.7 Å². The Balaban J connectivity index is 3.14. The molecule has 1 heterocycles. The number of anilines is 2. The van der Waals surface area contributed by atoms with Gasteiger partial charge in [0, 0.05) is 22.3 Å². The van der Waals surface area contributed by atoms with Crippen LogP contribution >= 0.6 is 16.1 Å². The summed E-state index contributed by atoms with van der Waals surface area (Å²) in [4.78, 5) is 3.38. The molecule has 13 heavy (non-hydrogen) atoms. The summed E-state index contributed by atoms with van der Waals surface area (Å²) in [6, 6.07) is 0.872. The fraction of sp³-hybridized carbons (Fsp3) is 0.167. The largest absolute Gasteiger partial charge is 0.417 e. The number of nitrogens with zero attached hydrogens (tertiary/aromatic N) is 1. The quantitative estimate of drug-likeness (QED) is 0.758. The smallest absolute Gasteiger partial charge is 0.382 e. The lowest BCUT2D eigenvalue weighted by Gasteiger charge is -2.08. The van der Waals surface area contributed by atoms with Crippen molar-refractivity contribution in [2.45, 2.75) is 6.18 Å². The SMILES string of the molecule is Nc1ncc(C(F)(F)F)cc1NBr. The number of nitrogens with one attached hydrogen (secondary N) is 1. The van der Waals surface area contributed by atoms with E-state index in [1.165, 1.54) is 0 Å². The van der Waals surface area contributed by atoms with Crippen molar-refractivity contribution in [1.29, 1.82) is 0 Å². The maximum Gasteiger partial charge on any atom is 0.417 e. The zero-order valence-corrected chi connectivity index (χ0v) is 7.78. The Morgan fingerprint density at radius 3 is 2.54 bits per heavy atom. The van der Waals surface area contributed by atoms with E-state index in [1.807, 2.05) is 0 Å². The van der Waals surface area contributed by atoms with Gasteiger partial charge in [0.1, 0.15) is 5.82 Å². The van der Waals surface area contributed by atoms with E-state index in [-0.39, 0.29) is 11.5 Å². The number of pyridine rings is 1. The van der Waals surface area contributed by atoms with Gasteiger partial charge in [-0.3, -0.25) is 0 Å². The van der Waals surface area contributed by atoms with Crippen molar-refractivity contribution in [2.24, 2.45) is 0 Å². The molecule has 0 atom stereocenters. The van der Waals surface area contributed by atoms with Gasteiger partial charge in [-0.1, -0.05) is 0 Å². The number of hydrogen-bond acceptors (Lipinski definition) is 3. The van der Waals surface area contributed by atoms with Crippen LogP contribution < -0.4 is 10.1 Å². The molecule has 0 bridgehead atoms. The first kappa shape index (κ1) is 10.1. The number of nitrogen functional groups attached to an aromatic ring is 1. The molecule has 7 heteroatoms. The molecule has 0 aliphatic carbocycles. The minimum absolute atomic E-state index is 0.00451. The second-order valence-electron chi connectivity index (χ2n) is 2.25. The van der Waals surface area contributed by atoms with E-state index in [9.17, 15) is 13.2 Å². The van der Waals surface area contributed by atoms with Crippen LogP contribution in [0, 0.1) is 0 Å². The van der Waals surface area contributed by atoms with Gasteiger partial charge in [-0.2, -0.15) is 13.2 Å². The number of nitrogens with two attached hydrogens (primary N) is 1. The first-order valence-corrected chi connectivity index (χ1v) is 3.94. The molecule has 3 N–H and O–H groups in total. The van der Waals surface area contributed by atoms with Gasteiger partial charge >= 0.3 is 6.18 Å². The normalized spacial score (nSPS) is 11.4. The highest BCUT2D eigenvalue weighted by Crippen LogP contribution is 2.31. The van der Waals surface area contributed by atoms with Crippen LogP contribution in [0.3, 0.4) is 0 Å². The van der Waals surface area contributed by atoms with Crippen LogP contribution in [0.4, 0.5) is 24.7 Å². The Kier molecular flexibility index (Phi) is 2.65. The molecular formula is C6H5BrF3N3. The van der Waals surface area contributed by atoms with Crippen molar-refractivity contribution in [3.8, 4) is 0 Å². The molecule has 0 saturated heterocycles. The van der Waals surface area contributed by atoms with Gasteiger partial charge < -0.3 is 10.1 Å². The Hall–Kier alpha value is -0.980. The van der Waals surface area contributed by atoms with Crippen LogP contribution in [0.15, 0.2) is 12.3 Å². The van der Waals surface area contributed by atoms with Gasteiger partial charge in [-0.25, -0.2) is 4.98 Å². The second kappa shape index (κ2) is 3.41. The van der Waals surface area contributed by atoms with Gasteiger partial charge in [0.2, 0.25) is 0 Å². The molecule has 0 aliphatic heterocycles. The molecule has 3 nitrogen and oxygen atoms in total.